The van der Waals surface area contributed by atoms with Crippen LogP contribution in [0.3, 0.4) is 0 Å². The molecule has 1 aliphatic carbocycles. The Morgan fingerprint density at radius 1 is 1.43 bits per heavy atom. The molecular formula is C14H15F2N3O2+. The third-order valence-electron chi connectivity index (χ3n) is 3.44. The summed E-state index contributed by atoms with van der Waals surface area (Å²) in [6.45, 7) is -1.23. The van der Waals surface area contributed by atoms with Gasteiger partial charge >= 0.3 is 0 Å². The van der Waals surface area contributed by atoms with Gasteiger partial charge in [0, 0.05) is 12.1 Å². The normalized spacial score (nSPS) is 15.3. The van der Waals surface area contributed by atoms with Gasteiger partial charge in [0.1, 0.15) is 13.2 Å². The molecule has 1 aliphatic rings. The molecule has 2 rings (SSSR count). The van der Waals surface area contributed by atoms with E-state index in [4.69, 9.17) is 11.1 Å². The van der Waals surface area contributed by atoms with Crippen LogP contribution in [0.2, 0.25) is 0 Å². The second-order valence-electron chi connectivity index (χ2n) is 4.85. The van der Waals surface area contributed by atoms with Crippen LogP contribution in [0.4, 0.5) is 14.5 Å². The van der Waals surface area contributed by atoms with Crippen LogP contribution in [-0.2, 0) is 11.2 Å². The molecule has 1 aromatic rings. The van der Waals surface area contributed by atoms with E-state index in [9.17, 15) is 13.7 Å². The molecule has 0 amide bonds. The van der Waals surface area contributed by atoms with Gasteiger partial charge in [-0.15, -0.1) is 0 Å². The first-order valence-corrected chi connectivity index (χ1v) is 6.50. The first kappa shape index (κ1) is 15.3. The van der Waals surface area contributed by atoms with E-state index in [1.54, 1.807) is 12.1 Å². The third-order valence-corrected chi connectivity index (χ3v) is 3.44. The van der Waals surface area contributed by atoms with E-state index in [0.717, 1.165) is 5.56 Å². The summed E-state index contributed by atoms with van der Waals surface area (Å²) in [7, 11) is 0. The number of fused-ring (bicyclic) bond motifs is 1. The number of hydrogen-bond acceptors (Lipinski definition) is 3. The minimum absolute atomic E-state index is 0.0645. The molecular weight excluding hydrogens is 280 g/mol. The second-order valence-corrected chi connectivity index (χ2v) is 4.85. The van der Waals surface area contributed by atoms with Crippen LogP contribution < -0.4 is 5.84 Å². The topological polar surface area (TPSA) is 79.1 Å². The monoisotopic (exact) mass is 295 g/mol. The average Bonchev–Trinajstić information content (AvgIpc) is 2.46. The van der Waals surface area contributed by atoms with Gasteiger partial charge in [-0.2, -0.15) is 11.1 Å². The molecule has 0 aliphatic heterocycles. The van der Waals surface area contributed by atoms with Gasteiger partial charge in [-0.05, 0) is 30.4 Å². The number of nitriles is 1. The second kappa shape index (κ2) is 6.14. The lowest BCUT2D eigenvalue weighted by Gasteiger charge is -2.30. The molecule has 2 N–H and O–H groups in total. The van der Waals surface area contributed by atoms with Gasteiger partial charge in [0.2, 0.25) is 0 Å². The number of nitrogens with two attached hydrogens (primary N) is 1. The molecule has 0 saturated heterocycles. The smallest absolute Gasteiger partial charge is 0.291 e. The largest absolute Gasteiger partial charge is 0.360 e. The fraction of sp³-hybridized carbons (Fsp3) is 0.429. The summed E-state index contributed by atoms with van der Waals surface area (Å²) >= 11 is 0. The highest BCUT2D eigenvalue weighted by atomic mass is 19.3. The molecule has 0 heterocycles. The third kappa shape index (κ3) is 3.34. The lowest BCUT2D eigenvalue weighted by atomic mass is 9.79. The molecule has 0 atom stereocenters. The molecule has 5 nitrogen and oxygen atoms in total. The summed E-state index contributed by atoms with van der Waals surface area (Å²) in [6, 6.07) is 6.20. The molecule has 0 spiro atoms. The van der Waals surface area contributed by atoms with Gasteiger partial charge in [-0.3, -0.25) is 0 Å². The van der Waals surface area contributed by atoms with Crippen LogP contribution in [0.15, 0.2) is 18.2 Å². The Bertz CT molecular complexity index is 584. The van der Waals surface area contributed by atoms with E-state index in [1.165, 1.54) is 12.1 Å². The van der Waals surface area contributed by atoms with Crippen LogP contribution in [-0.4, -0.2) is 24.0 Å². The zero-order valence-corrected chi connectivity index (χ0v) is 11.3. The Balaban J connectivity index is 2.29. The molecule has 0 unspecified atom stereocenters. The number of benzene rings is 1. The standard InChI is InChI=1S/C14H15F2N3O2/c15-14(16,9-21-7-6-17)13-3-1-2-10-4-5-11(19(18)20)8-12(10)13/h4-5,8H,1-3,7,9H2,(H2,18,20)/q+1. The Labute approximate surface area is 120 Å². The number of rotatable bonds is 5. The Morgan fingerprint density at radius 3 is 2.86 bits per heavy atom. The molecule has 1 aromatic carbocycles. The maximum atomic E-state index is 14.2. The van der Waals surface area contributed by atoms with Crippen molar-refractivity contribution >= 4 is 5.69 Å². The van der Waals surface area contributed by atoms with Crippen molar-refractivity contribution in [1.29, 1.82) is 5.26 Å². The van der Waals surface area contributed by atoms with Crippen LogP contribution in [0.5, 0.6) is 0 Å². The summed E-state index contributed by atoms with van der Waals surface area (Å²) in [4.78, 5) is 11.3. The van der Waals surface area contributed by atoms with Crippen molar-refractivity contribution in [3.63, 3.8) is 0 Å². The zero-order valence-electron chi connectivity index (χ0n) is 11.3. The lowest BCUT2D eigenvalue weighted by Crippen LogP contribution is -2.35. The number of alkyl halides is 2. The Morgan fingerprint density at radius 2 is 2.19 bits per heavy atom. The Hall–Kier alpha value is -2.07. The van der Waals surface area contributed by atoms with Crippen molar-refractivity contribution in [2.24, 2.45) is 5.84 Å². The molecule has 1 radical (unpaired) electrons. The van der Waals surface area contributed by atoms with Crippen LogP contribution in [0, 0.1) is 22.2 Å². The lowest BCUT2D eigenvalue weighted by molar-refractivity contribution is -0.474. The number of hydrazine groups is 1. The maximum Gasteiger partial charge on any atom is 0.291 e. The molecule has 0 fully saturated rings. The number of hydrogen-bond donors (Lipinski definition) is 1. The van der Waals surface area contributed by atoms with E-state index in [2.05, 4.69) is 4.74 Å². The van der Waals surface area contributed by atoms with Gasteiger partial charge in [0.25, 0.3) is 11.6 Å². The minimum atomic E-state index is -3.17. The van der Waals surface area contributed by atoms with Crippen molar-refractivity contribution in [3.05, 3.63) is 40.2 Å². The van der Waals surface area contributed by atoms with Gasteiger partial charge in [-0.1, -0.05) is 6.07 Å². The van der Waals surface area contributed by atoms with E-state index < -0.39 is 12.5 Å². The van der Waals surface area contributed by atoms with Crippen molar-refractivity contribution in [1.82, 2.24) is 0 Å². The number of nitrogens with zero attached hydrogens (tertiary/aromatic N) is 2. The molecule has 0 aromatic heterocycles. The van der Waals surface area contributed by atoms with E-state index in [0.29, 0.717) is 18.4 Å². The van der Waals surface area contributed by atoms with Crippen molar-refractivity contribution in [3.8, 4) is 6.07 Å². The Kier molecular flexibility index (Phi) is 4.48. The summed E-state index contributed by atoms with van der Waals surface area (Å²) in [5.41, 5.74) is 1.25. The number of halogens is 2. The van der Waals surface area contributed by atoms with Crippen molar-refractivity contribution in [2.45, 2.75) is 25.2 Å². The number of aryl methyl sites for hydroxylation is 1. The maximum absolute atomic E-state index is 14.2. The molecule has 21 heavy (non-hydrogen) atoms. The summed E-state index contributed by atoms with van der Waals surface area (Å²) in [6.07, 6.45) is 1.51. The van der Waals surface area contributed by atoms with Gasteiger partial charge in [0.05, 0.1) is 16.9 Å². The zero-order chi connectivity index (χ0) is 15.5. The van der Waals surface area contributed by atoms with Gasteiger partial charge in [0.15, 0.2) is 4.87 Å². The highest BCUT2D eigenvalue weighted by molar-refractivity contribution is 5.50. The summed E-state index contributed by atoms with van der Waals surface area (Å²) < 4.78 is 33.2. The first-order valence-electron chi connectivity index (χ1n) is 6.50. The molecule has 7 heteroatoms. The van der Waals surface area contributed by atoms with Crippen molar-refractivity contribution in [2.75, 3.05) is 13.2 Å². The van der Waals surface area contributed by atoms with Crippen molar-refractivity contribution < 1.29 is 18.4 Å². The van der Waals surface area contributed by atoms with Crippen LogP contribution in [0.25, 0.3) is 0 Å². The van der Waals surface area contributed by atoms with Gasteiger partial charge < -0.3 is 4.74 Å². The average molecular weight is 295 g/mol. The highest BCUT2D eigenvalue weighted by Gasteiger charge is 2.44. The van der Waals surface area contributed by atoms with E-state index >= 15 is 0 Å². The first-order chi connectivity index (χ1) is 9.95. The predicted molar refractivity (Wildman–Crippen MR) is 70.6 cm³/mol. The minimum Gasteiger partial charge on any atom is -0.360 e. The summed E-state index contributed by atoms with van der Waals surface area (Å²) in [5.74, 6) is 1.88. The predicted octanol–water partition coefficient (Wildman–Crippen LogP) is 2.41. The quantitative estimate of drug-likeness (QED) is 0.391. The van der Waals surface area contributed by atoms with E-state index in [1.807, 2.05) is 0 Å². The molecule has 111 valence electrons. The van der Waals surface area contributed by atoms with Gasteiger partial charge in [-0.25, -0.2) is 8.78 Å². The summed E-state index contributed by atoms with van der Waals surface area (Å²) in [5, 5.41) is 8.35. The fourth-order valence-electron chi connectivity index (χ4n) is 2.48. The number of nitroso groups, excluding NO2 is 1. The number of ether oxygens (including phenoxy) is 1. The highest BCUT2D eigenvalue weighted by Crippen LogP contribution is 2.42. The SMILES string of the molecule is N#CCOCC(F)(F)[C]1CCCc2ccc([N+](N)=O)cc21. The van der Waals surface area contributed by atoms with E-state index in [-0.39, 0.29) is 29.5 Å². The molecule has 0 bridgehead atoms. The van der Waals surface area contributed by atoms with Crippen LogP contribution in [0.1, 0.15) is 24.0 Å². The fourth-order valence-corrected chi connectivity index (χ4v) is 2.48. The van der Waals surface area contributed by atoms with Crippen LogP contribution >= 0.6 is 0 Å². The molecule has 0 saturated carbocycles.